The standard InChI is InChI=1S/C10H13N7O2S/c1-6-14-7(5-20-6)2-3-12-9-8(17(18)19)4-13-10(15-9)16-11/h4-5H,2-3,11H2,1H3,(H2,12,13,15,16). The SMILES string of the molecule is Cc1nc(CCNc2nc(NN)ncc2[N+](=O)[O-])cs1. The van der Waals surface area contributed by atoms with Crippen molar-refractivity contribution in [1.29, 1.82) is 0 Å². The molecule has 2 aromatic heterocycles. The van der Waals surface area contributed by atoms with Crippen molar-refractivity contribution in [3.63, 3.8) is 0 Å². The summed E-state index contributed by atoms with van der Waals surface area (Å²) >= 11 is 1.57. The molecule has 0 spiro atoms. The largest absolute Gasteiger partial charge is 0.364 e. The summed E-state index contributed by atoms with van der Waals surface area (Å²) in [6, 6.07) is 0. The van der Waals surface area contributed by atoms with Gasteiger partial charge in [0.2, 0.25) is 11.8 Å². The molecule has 106 valence electrons. The highest BCUT2D eigenvalue weighted by molar-refractivity contribution is 7.09. The van der Waals surface area contributed by atoms with E-state index in [4.69, 9.17) is 5.84 Å². The van der Waals surface area contributed by atoms with Crippen molar-refractivity contribution in [1.82, 2.24) is 15.0 Å². The second-order valence-electron chi connectivity index (χ2n) is 3.86. The Morgan fingerprint density at radius 2 is 2.30 bits per heavy atom. The van der Waals surface area contributed by atoms with Crippen LogP contribution in [0.3, 0.4) is 0 Å². The van der Waals surface area contributed by atoms with E-state index in [1.165, 1.54) is 0 Å². The minimum absolute atomic E-state index is 0.114. The molecule has 0 unspecified atom stereocenters. The predicted octanol–water partition coefficient (Wildman–Crippen LogP) is 1.09. The first kappa shape index (κ1) is 14.1. The van der Waals surface area contributed by atoms with Crippen LogP contribution < -0.4 is 16.6 Å². The number of hydrogen-bond acceptors (Lipinski definition) is 9. The highest BCUT2D eigenvalue weighted by atomic mass is 32.1. The molecule has 0 radical (unpaired) electrons. The molecule has 0 aliphatic heterocycles. The Morgan fingerprint density at radius 3 is 2.90 bits per heavy atom. The molecule has 10 heteroatoms. The summed E-state index contributed by atoms with van der Waals surface area (Å²) in [5.74, 6) is 5.43. The first-order chi connectivity index (χ1) is 9.60. The van der Waals surface area contributed by atoms with Crippen LogP contribution in [0.2, 0.25) is 0 Å². The fourth-order valence-electron chi connectivity index (χ4n) is 1.54. The molecule has 0 atom stereocenters. The van der Waals surface area contributed by atoms with Gasteiger partial charge in [0.15, 0.2) is 0 Å². The second-order valence-corrected chi connectivity index (χ2v) is 4.93. The van der Waals surface area contributed by atoms with Gasteiger partial charge in [-0.3, -0.25) is 15.5 Å². The van der Waals surface area contributed by atoms with Gasteiger partial charge in [0.05, 0.1) is 15.6 Å². The Hall–Kier alpha value is -2.33. The topological polar surface area (TPSA) is 132 Å². The molecule has 0 fully saturated rings. The third-order valence-corrected chi connectivity index (χ3v) is 3.26. The van der Waals surface area contributed by atoms with Crippen molar-refractivity contribution in [2.45, 2.75) is 13.3 Å². The molecule has 2 rings (SSSR count). The number of aryl methyl sites for hydroxylation is 1. The average Bonchev–Trinajstić information content (AvgIpc) is 2.84. The number of nitrogens with one attached hydrogen (secondary N) is 2. The van der Waals surface area contributed by atoms with Crippen molar-refractivity contribution in [3.05, 3.63) is 32.4 Å². The molecule has 0 amide bonds. The van der Waals surface area contributed by atoms with E-state index < -0.39 is 4.92 Å². The Bertz CT molecular complexity index is 615. The molecule has 0 aliphatic carbocycles. The van der Waals surface area contributed by atoms with Gasteiger partial charge in [0.25, 0.3) is 0 Å². The number of rotatable bonds is 6. The number of nitro groups is 1. The molecule has 0 bridgehead atoms. The van der Waals surface area contributed by atoms with Gasteiger partial charge in [0.1, 0.15) is 6.20 Å². The molecule has 9 nitrogen and oxygen atoms in total. The number of nitrogens with zero attached hydrogens (tertiary/aromatic N) is 4. The second kappa shape index (κ2) is 6.21. The lowest BCUT2D eigenvalue weighted by Gasteiger charge is -2.06. The number of nitrogen functional groups attached to an aromatic ring is 1. The van der Waals surface area contributed by atoms with Gasteiger partial charge in [-0.15, -0.1) is 11.3 Å². The van der Waals surface area contributed by atoms with Crippen molar-refractivity contribution in [2.75, 3.05) is 17.3 Å². The maximum absolute atomic E-state index is 10.9. The van der Waals surface area contributed by atoms with Crippen LogP contribution >= 0.6 is 11.3 Å². The number of anilines is 2. The van der Waals surface area contributed by atoms with E-state index in [-0.39, 0.29) is 17.5 Å². The van der Waals surface area contributed by atoms with Gasteiger partial charge in [-0.2, -0.15) is 4.98 Å². The highest BCUT2D eigenvalue weighted by Gasteiger charge is 2.16. The first-order valence-corrected chi connectivity index (χ1v) is 6.61. The summed E-state index contributed by atoms with van der Waals surface area (Å²) in [4.78, 5) is 22.3. The van der Waals surface area contributed by atoms with E-state index in [9.17, 15) is 10.1 Å². The summed E-state index contributed by atoms with van der Waals surface area (Å²) in [6.45, 7) is 2.40. The van der Waals surface area contributed by atoms with Crippen LogP contribution in [0.4, 0.5) is 17.5 Å². The number of nitrogens with two attached hydrogens (primary N) is 1. The minimum atomic E-state index is -0.546. The smallest absolute Gasteiger partial charge is 0.329 e. The van der Waals surface area contributed by atoms with Crippen LogP contribution in [0.15, 0.2) is 11.6 Å². The average molecular weight is 295 g/mol. The van der Waals surface area contributed by atoms with Gasteiger partial charge in [0, 0.05) is 18.3 Å². The monoisotopic (exact) mass is 295 g/mol. The Balaban J connectivity index is 2.05. The Kier molecular flexibility index (Phi) is 4.38. The van der Waals surface area contributed by atoms with Gasteiger partial charge in [-0.25, -0.2) is 15.8 Å². The van der Waals surface area contributed by atoms with Gasteiger partial charge < -0.3 is 5.32 Å². The van der Waals surface area contributed by atoms with E-state index >= 15 is 0 Å². The third kappa shape index (κ3) is 3.36. The van der Waals surface area contributed by atoms with E-state index in [0.29, 0.717) is 13.0 Å². The van der Waals surface area contributed by atoms with E-state index in [2.05, 4.69) is 25.7 Å². The molecule has 2 heterocycles. The summed E-state index contributed by atoms with van der Waals surface area (Å²) in [5, 5.41) is 16.7. The zero-order valence-electron chi connectivity index (χ0n) is 10.7. The lowest BCUT2D eigenvalue weighted by Crippen LogP contribution is -2.14. The van der Waals surface area contributed by atoms with Crippen LogP contribution in [0.1, 0.15) is 10.7 Å². The lowest BCUT2D eigenvalue weighted by molar-refractivity contribution is -0.384. The summed E-state index contributed by atoms with van der Waals surface area (Å²) in [6.07, 6.45) is 1.76. The lowest BCUT2D eigenvalue weighted by atomic mass is 10.3. The Labute approximate surface area is 118 Å². The maximum atomic E-state index is 10.9. The quantitative estimate of drug-likeness (QED) is 0.410. The summed E-state index contributed by atoms with van der Waals surface area (Å²) in [5.41, 5.74) is 2.99. The summed E-state index contributed by atoms with van der Waals surface area (Å²) < 4.78 is 0. The highest BCUT2D eigenvalue weighted by Crippen LogP contribution is 2.21. The van der Waals surface area contributed by atoms with Crippen LogP contribution in [0.25, 0.3) is 0 Å². The zero-order chi connectivity index (χ0) is 14.5. The van der Waals surface area contributed by atoms with Gasteiger partial charge in [-0.1, -0.05) is 0 Å². The van der Waals surface area contributed by atoms with Crippen LogP contribution in [-0.2, 0) is 6.42 Å². The fraction of sp³-hybridized carbons (Fsp3) is 0.300. The van der Waals surface area contributed by atoms with Crippen molar-refractivity contribution >= 4 is 28.8 Å². The van der Waals surface area contributed by atoms with Crippen molar-refractivity contribution in [2.24, 2.45) is 5.84 Å². The first-order valence-electron chi connectivity index (χ1n) is 5.73. The number of hydrazine groups is 1. The molecule has 4 N–H and O–H groups in total. The molecule has 0 saturated heterocycles. The predicted molar refractivity (Wildman–Crippen MR) is 75.5 cm³/mol. The normalized spacial score (nSPS) is 10.3. The van der Waals surface area contributed by atoms with Gasteiger partial charge in [-0.05, 0) is 6.92 Å². The summed E-state index contributed by atoms with van der Waals surface area (Å²) in [7, 11) is 0. The van der Waals surface area contributed by atoms with Crippen LogP contribution in [0.5, 0.6) is 0 Å². The zero-order valence-corrected chi connectivity index (χ0v) is 11.5. The third-order valence-electron chi connectivity index (χ3n) is 2.44. The van der Waals surface area contributed by atoms with E-state index in [1.54, 1.807) is 11.3 Å². The van der Waals surface area contributed by atoms with Crippen molar-refractivity contribution < 1.29 is 4.92 Å². The maximum Gasteiger partial charge on any atom is 0.329 e. The molecule has 0 aromatic carbocycles. The molecular formula is C10H13N7O2S. The molecule has 2 aromatic rings. The molecule has 0 saturated carbocycles. The molecular weight excluding hydrogens is 282 g/mol. The Morgan fingerprint density at radius 1 is 1.50 bits per heavy atom. The number of aromatic nitrogens is 3. The molecule has 20 heavy (non-hydrogen) atoms. The van der Waals surface area contributed by atoms with Crippen LogP contribution in [-0.4, -0.2) is 26.4 Å². The van der Waals surface area contributed by atoms with Crippen LogP contribution in [0, 0.1) is 17.0 Å². The van der Waals surface area contributed by atoms with Crippen molar-refractivity contribution in [3.8, 4) is 0 Å². The number of hydrogen-bond donors (Lipinski definition) is 3. The minimum Gasteiger partial charge on any atom is -0.364 e. The number of thiazole rings is 1. The van der Waals surface area contributed by atoms with E-state index in [1.807, 2.05) is 12.3 Å². The van der Waals surface area contributed by atoms with Gasteiger partial charge >= 0.3 is 5.69 Å². The fourth-order valence-corrected chi connectivity index (χ4v) is 2.19. The van der Waals surface area contributed by atoms with E-state index in [0.717, 1.165) is 16.9 Å². The molecule has 0 aliphatic rings.